The minimum Gasteiger partial charge on any atom is -0.377 e. The highest BCUT2D eigenvalue weighted by atomic mass is 16.5. The van der Waals surface area contributed by atoms with Crippen molar-refractivity contribution in [3.05, 3.63) is 83.2 Å². The predicted octanol–water partition coefficient (Wildman–Crippen LogP) is 2.11. The number of benzene rings is 2. The number of aryl methyl sites for hydroxylation is 1. The number of ketones is 1. The van der Waals surface area contributed by atoms with Crippen molar-refractivity contribution in [2.75, 3.05) is 6.61 Å². The van der Waals surface area contributed by atoms with Crippen molar-refractivity contribution in [3.63, 3.8) is 0 Å². The zero-order valence-electron chi connectivity index (χ0n) is 18.1. The second-order valence-corrected chi connectivity index (χ2v) is 7.33. The third-order valence-corrected chi connectivity index (χ3v) is 4.84. The molecule has 0 saturated heterocycles. The summed E-state index contributed by atoms with van der Waals surface area (Å²) in [4.78, 5) is 37.1. The molecule has 0 fully saturated rings. The molecule has 0 radical (unpaired) electrons. The van der Waals surface area contributed by atoms with E-state index in [1.165, 1.54) is 4.68 Å². The minimum atomic E-state index is -1.10. The second-order valence-electron chi connectivity index (χ2n) is 7.33. The summed E-state index contributed by atoms with van der Waals surface area (Å²) in [6.07, 6.45) is 0.144. The fourth-order valence-electron chi connectivity index (χ4n) is 3.32. The summed E-state index contributed by atoms with van der Waals surface area (Å²) in [5, 5.41) is 7.09. The van der Waals surface area contributed by atoms with E-state index in [4.69, 9.17) is 10.5 Å². The normalized spacial score (nSPS) is 11.7. The molecule has 0 unspecified atom stereocenters. The Morgan fingerprint density at radius 3 is 2.47 bits per heavy atom. The first-order valence-corrected chi connectivity index (χ1v) is 10.3. The summed E-state index contributed by atoms with van der Waals surface area (Å²) in [5.41, 5.74) is 8.50. The number of aromatic nitrogens is 2. The van der Waals surface area contributed by atoms with Gasteiger partial charge in [0.05, 0.1) is 18.0 Å². The number of primary amides is 1. The number of nitrogens with one attached hydrogen (secondary N) is 1. The summed E-state index contributed by atoms with van der Waals surface area (Å²) >= 11 is 0. The van der Waals surface area contributed by atoms with Crippen molar-refractivity contribution in [1.82, 2.24) is 15.1 Å². The summed E-state index contributed by atoms with van der Waals surface area (Å²) in [6, 6.07) is 17.1. The summed E-state index contributed by atoms with van der Waals surface area (Å²) < 4.78 is 6.97. The lowest BCUT2D eigenvalue weighted by Gasteiger charge is -2.17. The molecule has 0 spiro atoms. The van der Waals surface area contributed by atoms with Gasteiger partial charge < -0.3 is 15.8 Å². The Kier molecular flexibility index (Phi) is 7.51. The number of hydrogen-bond donors (Lipinski definition) is 2. The fraction of sp³-hybridized carbons (Fsp3) is 0.250. The molecular formula is C24H26N4O4. The Balaban J connectivity index is 1.88. The van der Waals surface area contributed by atoms with E-state index in [0.717, 1.165) is 11.1 Å². The number of Topliss-reactive ketones (excluding diaryl/α,β-unsaturated/α-hetero) is 1. The number of hydrogen-bond acceptors (Lipinski definition) is 5. The number of carbonyl (C=O) groups is 3. The van der Waals surface area contributed by atoms with Gasteiger partial charge in [0.25, 0.3) is 11.8 Å². The van der Waals surface area contributed by atoms with Gasteiger partial charge in [0.2, 0.25) is 5.78 Å². The van der Waals surface area contributed by atoms with Gasteiger partial charge in [-0.05, 0) is 43.2 Å². The number of ether oxygens (including phenoxy) is 1. The van der Waals surface area contributed by atoms with Gasteiger partial charge in [0, 0.05) is 13.0 Å². The number of carbonyl (C=O) groups excluding carboxylic acids is 3. The van der Waals surface area contributed by atoms with Gasteiger partial charge in [-0.2, -0.15) is 5.10 Å². The summed E-state index contributed by atoms with van der Waals surface area (Å²) in [7, 11) is 0. The van der Waals surface area contributed by atoms with Gasteiger partial charge in [-0.3, -0.25) is 14.4 Å². The van der Waals surface area contributed by atoms with Crippen molar-refractivity contribution < 1.29 is 19.1 Å². The zero-order valence-corrected chi connectivity index (χ0v) is 18.1. The van der Waals surface area contributed by atoms with Crippen LogP contribution < -0.4 is 11.1 Å². The van der Waals surface area contributed by atoms with Gasteiger partial charge in [-0.25, -0.2) is 4.68 Å². The van der Waals surface area contributed by atoms with Gasteiger partial charge in [0.15, 0.2) is 0 Å². The topological polar surface area (TPSA) is 116 Å². The maximum atomic E-state index is 13.1. The quantitative estimate of drug-likeness (QED) is 0.474. The molecule has 1 aromatic heterocycles. The average Bonchev–Trinajstić information content (AvgIpc) is 3.19. The summed E-state index contributed by atoms with van der Waals surface area (Å²) in [6.45, 7) is 4.73. The standard InChI is InChI=1S/C24H26N4O4/c1-3-32-15-18-10-7-11-19(13-18)28-21(12-16(2)27-28)24(31)26-20(22(29)23(25)30)14-17-8-5-4-6-9-17/h4-13,20H,3,14-15H2,1-2H3,(H2,25,30)(H,26,31)/t20-/m0/s1. The molecule has 2 aromatic carbocycles. The molecule has 32 heavy (non-hydrogen) atoms. The van der Waals surface area contributed by atoms with Crippen LogP contribution in [0.1, 0.15) is 34.2 Å². The lowest BCUT2D eigenvalue weighted by Crippen LogP contribution is -2.47. The lowest BCUT2D eigenvalue weighted by atomic mass is 10.0. The van der Waals surface area contributed by atoms with Crippen molar-refractivity contribution in [2.24, 2.45) is 5.73 Å². The van der Waals surface area contributed by atoms with E-state index in [0.29, 0.717) is 24.6 Å². The Hall–Kier alpha value is -3.78. The molecule has 0 saturated carbocycles. The molecule has 1 atom stereocenters. The smallest absolute Gasteiger partial charge is 0.287 e. The number of nitrogens with zero attached hydrogens (tertiary/aromatic N) is 2. The Labute approximate surface area is 186 Å². The van der Waals surface area contributed by atoms with E-state index in [2.05, 4.69) is 10.4 Å². The molecule has 1 heterocycles. The highest BCUT2D eigenvalue weighted by Crippen LogP contribution is 2.16. The maximum absolute atomic E-state index is 13.1. The Morgan fingerprint density at radius 1 is 1.06 bits per heavy atom. The number of nitrogens with two attached hydrogens (primary N) is 1. The van der Waals surface area contributed by atoms with E-state index in [9.17, 15) is 14.4 Å². The van der Waals surface area contributed by atoms with Crippen molar-refractivity contribution >= 4 is 17.6 Å². The SMILES string of the molecule is CCOCc1cccc(-n2nc(C)cc2C(=O)N[C@@H](Cc2ccccc2)C(=O)C(N)=O)c1. The molecule has 2 amide bonds. The predicted molar refractivity (Wildman–Crippen MR) is 119 cm³/mol. The van der Waals surface area contributed by atoms with Crippen molar-refractivity contribution in [1.29, 1.82) is 0 Å². The molecule has 3 rings (SSSR count). The monoisotopic (exact) mass is 434 g/mol. The van der Waals surface area contributed by atoms with E-state index in [1.54, 1.807) is 13.0 Å². The highest BCUT2D eigenvalue weighted by Gasteiger charge is 2.27. The molecule has 3 aromatic rings. The Morgan fingerprint density at radius 2 is 1.78 bits per heavy atom. The van der Waals surface area contributed by atoms with Crippen LogP contribution >= 0.6 is 0 Å². The van der Waals surface area contributed by atoms with Gasteiger partial charge in [0.1, 0.15) is 11.7 Å². The van der Waals surface area contributed by atoms with Crippen molar-refractivity contribution in [2.45, 2.75) is 32.9 Å². The van der Waals surface area contributed by atoms with Crippen LogP contribution in [0.25, 0.3) is 5.69 Å². The van der Waals surface area contributed by atoms with Crippen LogP contribution in [0, 0.1) is 6.92 Å². The van der Waals surface area contributed by atoms with Crippen molar-refractivity contribution in [3.8, 4) is 5.69 Å². The molecule has 0 aliphatic carbocycles. The van der Waals surface area contributed by atoms with Crippen LogP contribution in [-0.2, 0) is 27.4 Å². The molecule has 0 bridgehead atoms. The van der Waals surface area contributed by atoms with Gasteiger partial charge >= 0.3 is 0 Å². The van der Waals surface area contributed by atoms with Gasteiger partial charge in [-0.1, -0.05) is 42.5 Å². The minimum absolute atomic E-state index is 0.144. The summed E-state index contributed by atoms with van der Waals surface area (Å²) in [5.74, 6) is -2.49. The molecule has 8 heteroatoms. The van der Waals surface area contributed by atoms with E-state index < -0.39 is 23.6 Å². The highest BCUT2D eigenvalue weighted by molar-refractivity contribution is 6.38. The molecule has 8 nitrogen and oxygen atoms in total. The van der Waals surface area contributed by atoms with Crippen LogP contribution in [-0.4, -0.2) is 40.0 Å². The van der Waals surface area contributed by atoms with Crippen LogP contribution in [0.4, 0.5) is 0 Å². The van der Waals surface area contributed by atoms with E-state index in [-0.39, 0.29) is 12.1 Å². The zero-order chi connectivity index (χ0) is 23.1. The molecule has 3 N–H and O–H groups in total. The largest absolute Gasteiger partial charge is 0.377 e. The third-order valence-electron chi connectivity index (χ3n) is 4.84. The van der Waals surface area contributed by atoms with Crippen LogP contribution in [0.15, 0.2) is 60.7 Å². The van der Waals surface area contributed by atoms with Crippen LogP contribution in [0.5, 0.6) is 0 Å². The first-order valence-electron chi connectivity index (χ1n) is 10.3. The first-order chi connectivity index (χ1) is 15.4. The van der Waals surface area contributed by atoms with Crippen LogP contribution in [0.2, 0.25) is 0 Å². The average molecular weight is 434 g/mol. The molecule has 0 aliphatic rings. The second kappa shape index (κ2) is 10.5. The number of rotatable bonds is 10. The van der Waals surface area contributed by atoms with E-state index in [1.807, 2.05) is 61.5 Å². The molecule has 0 aliphatic heterocycles. The maximum Gasteiger partial charge on any atom is 0.287 e. The Bertz CT molecular complexity index is 1110. The van der Waals surface area contributed by atoms with E-state index >= 15 is 0 Å². The third kappa shape index (κ3) is 5.67. The molecule has 166 valence electrons. The van der Waals surface area contributed by atoms with Crippen LogP contribution in [0.3, 0.4) is 0 Å². The fourth-order valence-corrected chi connectivity index (χ4v) is 3.32. The molecular weight excluding hydrogens is 408 g/mol. The first kappa shape index (κ1) is 22.9. The van der Waals surface area contributed by atoms with Gasteiger partial charge in [-0.15, -0.1) is 0 Å². The lowest BCUT2D eigenvalue weighted by molar-refractivity contribution is -0.137. The number of amides is 2.